The molecule has 0 bridgehead atoms. The number of hydrogen-bond acceptors (Lipinski definition) is 3. The van der Waals surface area contributed by atoms with Crippen LogP contribution in [0.5, 0.6) is 0 Å². The van der Waals surface area contributed by atoms with Crippen LogP contribution >= 0.6 is 0 Å². The molecule has 56 valence electrons. The van der Waals surface area contributed by atoms with Gasteiger partial charge in [0.1, 0.15) is 12.2 Å². The number of aryl methyl sites for hydroxylation is 1. The first-order valence-electron chi connectivity index (χ1n) is 3.11. The molecule has 0 aromatic carbocycles. The normalized spacial score (nSPS) is 12.0. The zero-order valence-electron chi connectivity index (χ0n) is 6.37. The van der Waals surface area contributed by atoms with Crippen molar-refractivity contribution in [1.82, 2.24) is 14.8 Å². The largest absolute Gasteiger partial charge is 0.370 e. The van der Waals surface area contributed by atoms with Crippen molar-refractivity contribution in [1.29, 1.82) is 0 Å². The fourth-order valence-electron chi connectivity index (χ4n) is 0.837. The summed E-state index contributed by atoms with van der Waals surface area (Å²) in [5.41, 5.74) is -0.944. The summed E-state index contributed by atoms with van der Waals surface area (Å²) in [6, 6.07) is 0. The quantitative estimate of drug-likeness (QED) is 0.610. The first-order chi connectivity index (χ1) is 4.52. The van der Waals surface area contributed by atoms with E-state index in [0.717, 1.165) is 0 Å². The van der Waals surface area contributed by atoms with Crippen LogP contribution in [0.15, 0.2) is 6.33 Å². The average molecular weight is 141 g/mol. The zero-order valence-corrected chi connectivity index (χ0v) is 6.37. The van der Waals surface area contributed by atoms with E-state index < -0.39 is 5.72 Å². The molecular weight excluding hydrogens is 130 g/mol. The minimum Gasteiger partial charge on any atom is -0.370 e. The smallest absolute Gasteiger partial charge is 0.154 e. The van der Waals surface area contributed by atoms with Crippen LogP contribution in [0.3, 0.4) is 0 Å². The zero-order chi connectivity index (χ0) is 7.78. The van der Waals surface area contributed by atoms with Crippen molar-refractivity contribution in [3.63, 3.8) is 0 Å². The Morgan fingerprint density at radius 3 is 2.40 bits per heavy atom. The van der Waals surface area contributed by atoms with Crippen molar-refractivity contribution in [2.75, 3.05) is 0 Å². The van der Waals surface area contributed by atoms with E-state index in [1.807, 2.05) is 0 Å². The number of aromatic nitrogens is 3. The van der Waals surface area contributed by atoms with Crippen LogP contribution in [-0.4, -0.2) is 19.9 Å². The molecule has 1 N–H and O–H groups in total. The average Bonchev–Trinajstić information content (AvgIpc) is 2.11. The summed E-state index contributed by atoms with van der Waals surface area (Å²) < 4.78 is 1.47. The predicted octanol–water partition coefficient (Wildman–Crippen LogP) is 0.271. The molecule has 0 unspecified atom stereocenters. The molecule has 0 amide bonds. The van der Waals surface area contributed by atoms with Gasteiger partial charge in [-0.15, -0.1) is 0 Å². The highest BCUT2D eigenvalue weighted by atomic mass is 16.3. The van der Waals surface area contributed by atoms with Crippen molar-refractivity contribution in [3.05, 3.63) is 12.2 Å². The summed E-state index contributed by atoms with van der Waals surface area (Å²) in [7, 11) is 0. The number of aliphatic hydroxyl groups is 1. The first-order valence-corrected chi connectivity index (χ1v) is 3.11. The van der Waals surface area contributed by atoms with Gasteiger partial charge in [-0.3, -0.25) is 0 Å². The Morgan fingerprint density at radius 1 is 1.60 bits per heavy atom. The van der Waals surface area contributed by atoms with Gasteiger partial charge in [0, 0.05) is 0 Å². The maximum Gasteiger partial charge on any atom is 0.154 e. The van der Waals surface area contributed by atoms with E-state index in [1.165, 1.54) is 11.0 Å². The van der Waals surface area contributed by atoms with Crippen LogP contribution in [0.2, 0.25) is 0 Å². The van der Waals surface area contributed by atoms with Gasteiger partial charge in [0.05, 0.1) is 0 Å². The lowest BCUT2D eigenvalue weighted by atomic mass is 10.3. The fourth-order valence-corrected chi connectivity index (χ4v) is 0.837. The second kappa shape index (κ2) is 2.05. The van der Waals surface area contributed by atoms with Crippen LogP contribution < -0.4 is 0 Å². The summed E-state index contributed by atoms with van der Waals surface area (Å²) in [6.07, 6.45) is 1.42. The molecule has 0 fully saturated rings. The fraction of sp³-hybridized carbons (Fsp3) is 0.667. The van der Waals surface area contributed by atoms with Crippen LogP contribution in [0.25, 0.3) is 0 Å². The van der Waals surface area contributed by atoms with Gasteiger partial charge in [-0.2, -0.15) is 5.10 Å². The molecule has 0 radical (unpaired) electrons. The molecule has 0 spiro atoms. The van der Waals surface area contributed by atoms with Gasteiger partial charge in [-0.1, -0.05) is 0 Å². The molecule has 0 aliphatic heterocycles. The Labute approximate surface area is 59.5 Å². The van der Waals surface area contributed by atoms with Crippen molar-refractivity contribution >= 4 is 0 Å². The molecule has 0 aliphatic rings. The third-order valence-corrected chi connectivity index (χ3v) is 1.24. The minimum atomic E-state index is -0.944. The Balaban J connectivity index is 3.05. The van der Waals surface area contributed by atoms with Crippen molar-refractivity contribution < 1.29 is 5.11 Å². The molecule has 0 saturated carbocycles. The van der Waals surface area contributed by atoms with E-state index in [9.17, 15) is 5.11 Å². The molecule has 10 heavy (non-hydrogen) atoms. The monoisotopic (exact) mass is 141 g/mol. The van der Waals surface area contributed by atoms with Crippen LogP contribution in [-0.2, 0) is 5.72 Å². The molecule has 1 aromatic rings. The highest BCUT2D eigenvalue weighted by Gasteiger charge is 2.17. The highest BCUT2D eigenvalue weighted by molar-refractivity contribution is 4.82. The number of rotatable bonds is 1. The van der Waals surface area contributed by atoms with E-state index in [2.05, 4.69) is 10.1 Å². The Hall–Kier alpha value is -0.900. The van der Waals surface area contributed by atoms with E-state index in [4.69, 9.17) is 0 Å². The van der Waals surface area contributed by atoms with E-state index >= 15 is 0 Å². The molecule has 4 heteroatoms. The van der Waals surface area contributed by atoms with Gasteiger partial charge in [0.2, 0.25) is 0 Å². The number of nitrogens with zero attached hydrogens (tertiary/aromatic N) is 3. The van der Waals surface area contributed by atoms with E-state index in [-0.39, 0.29) is 0 Å². The molecule has 1 aromatic heterocycles. The molecular formula is C6H11N3O. The topological polar surface area (TPSA) is 50.9 Å². The van der Waals surface area contributed by atoms with Gasteiger partial charge < -0.3 is 5.11 Å². The summed E-state index contributed by atoms with van der Waals surface area (Å²) in [5, 5.41) is 13.3. The van der Waals surface area contributed by atoms with Gasteiger partial charge in [-0.05, 0) is 20.8 Å². The Morgan fingerprint density at radius 2 is 2.20 bits per heavy atom. The van der Waals surface area contributed by atoms with Crippen LogP contribution in [0.1, 0.15) is 19.7 Å². The van der Waals surface area contributed by atoms with Crippen molar-refractivity contribution in [3.8, 4) is 0 Å². The van der Waals surface area contributed by atoms with Crippen LogP contribution in [0.4, 0.5) is 0 Å². The number of hydrogen-bond donors (Lipinski definition) is 1. The van der Waals surface area contributed by atoms with Crippen molar-refractivity contribution in [2.45, 2.75) is 26.5 Å². The molecule has 0 aliphatic carbocycles. The predicted molar refractivity (Wildman–Crippen MR) is 36.3 cm³/mol. The van der Waals surface area contributed by atoms with Gasteiger partial charge >= 0.3 is 0 Å². The third kappa shape index (κ3) is 1.16. The minimum absolute atomic E-state index is 0.715. The summed E-state index contributed by atoms with van der Waals surface area (Å²) in [4.78, 5) is 3.87. The lowest BCUT2D eigenvalue weighted by Gasteiger charge is -2.18. The van der Waals surface area contributed by atoms with E-state index in [0.29, 0.717) is 5.82 Å². The second-order valence-electron chi connectivity index (χ2n) is 2.71. The van der Waals surface area contributed by atoms with Gasteiger partial charge in [0.15, 0.2) is 5.72 Å². The maximum absolute atomic E-state index is 9.42. The molecule has 1 rings (SSSR count). The molecule has 4 nitrogen and oxygen atoms in total. The summed E-state index contributed by atoms with van der Waals surface area (Å²) in [6.45, 7) is 5.12. The second-order valence-corrected chi connectivity index (χ2v) is 2.71. The summed E-state index contributed by atoms with van der Waals surface area (Å²) in [5.74, 6) is 0.715. The maximum atomic E-state index is 9.42. The standard InChI is InChI=1S/C6H11N3O/c1-5-7-4-8-9(5)6(2,3)10/h4,10H,1-3H3. The molecule has 1 heterocycles. The third-order valence-electron chi connectivity index (χ3n) is 1.24. The molecule has 0 saturated heterocycles. The van der Waals surface area contributed by atoms with Gasteiger partial charge in [-0.25, -0.2) is 9.67 Å². The Bertz CT molecular complexity index is 223. The highest BCUT2D eigenvalue weighted by Crippen LogP contribution is 2.09. The summed E-state index contributed by atoms with van der Waals surface area (Å²) >= 11 is 0. The van der Waals surface area contributed by atoms with Crippen molar-refractivity contribution in [2.24, 2.45) is 0 Å². The Kier molecular flexibility index (Phi) is 1.48. The SMILES string of the molecule is Cc1ncnn1C(C)(C)O. The molecule has 0 atom stereocenters. The lowest BCUT2D eigenvalue weighted by Crippen LogP contribution is -2.27. The van der Waals surface area contributed by atoms with Gasteiger partial charge in [0.25, 0.3) is 0 Å². The first kappa shape index (κ1) is 7.21. The van der Waals surface area contributed by atoms with E-state index in [1.54, 1.807) is 20.8 Å². The lowest BCUT2D eigenvalue weighted by molar-refractivity contribution is -0.0126. The van der Waals surface area contributed by atoms with Crippen LogP contribution in [0, 0.1) is 6.92 Å².